The fourth-order valence-electron chi connectivity index (χ4n) is 2.93. The Morgan fingerprint density at radius 2 is 2.38 bits per heavy atom. The van der Waals surface area contributed by atoms with E-state index in [0.29, 0.717) is 31.7 Å². The first-order valence-electron chi connectivity index (χ1n) is 7.01. The molecule has 2 amide bonds. The molecule has 7 heteroatoms. The van der Waals surface area contributed by atoms with Crippen LogP contribution >= 0.6 is 0 Å². The molecule has 2 aliphatic rings. The van der Waals surface area contributed by atoms with Crippen LogP contribution in [-0.4, -0.2) is 63.6 Å². The third-order valence-corrected chi connectivity index (χ3v) is 4.13. The minimum Gasteiger partial charge on any atom is -0.465 e. The van der Waals surface area contributed by atoms with Crippen LogP contribution in [0.4, 0.5) is 4.79 Å². The second kappa shape index (κ2) is 5.33. The number of aromatic nitrogens is 1. The first-order valence-corrected chi connectivity index (χ1v) is 7.01. The van der Waals surface area contributed by atoms with Crippen molar-refractivity contribution in [3.63, 3.8) is 0 Å². The summed E-state index contributed by atoms with van der Waals surface area (Å²) < 4.78 is 0. The standard InChI is InChI=1S/C14H18N4O3/c1-9-4-16-11(8-18(9)14(20)21)7-17-6-10-2-3-15-5-12(10)13(17)19/h2-3,5,9,11,16H,4,6-8H2,1H3,(H,20,21)/t9-,11+/m1/s1. The molecule has 3 rings (SSSR count). The van der Waals surface area contributed by atoms with Gasteiger partial charge in [-0.25, -0.2) is 4.79 Å². The quantitative estimate of drug-likeness (QED) is 0.822. The maximum Gasteiger partial charge on any atom is 0.407 e. The molecule has 0 aliphatic carbocycles. The summed E-state index contributed by atoms with van der Waals surface area (Å²) in [6.45, 7) is 3.95. The Balaban J connectivity index is 1.66. The molecule has 0 radical (unpaired) electrons. The van der Waals surface area contributed by atoms with Crippen molar-refractivity contribution in [3.05, 3.63) is 29.6 Å². The van der Waals surface area contributed by atoms with E-state index >= 15 is 0 Å². The van der Waals surface area contributed by atoms with Gasteiger partial charge in [-0.15, -0.1) is 0 Å². The van der Waals surface area contributed by atoms with Gasteiger partial charge in [0.15, 0.2) is 0 Å². The number of carbonyl (C=O) groups excluding carboxylic acids is 1. The van der Waals surface area contributed by atoms with Crippen molar-refractivity contribution in [2.75, 3.05) is 19.6 Å². The summed E-state index contributed by atoms with van der Waals surface area (Å²) in [5, 5.41) is 12.5. The Labute approximate surface area is 122 Å². The SMILES string of the molecule is C[C@@H]1CN[C@@H](CN2Cc3ccncc3C2=O)CN1C(=O)O. The maximum absolute atomic E-state index is 12.3. The zero-order valence-electron chi connectivity index (χ0n) is 11.8. The van der Waals surface area contributed by atoms with Crippen molar-refractivity contribution in [3.8, 4) is 0 Å². The van der Waals surface area contributed by atoms with E-state index < -0.39 is 6.09 Å². The molecule has 0 unspecified atom stereocenters. The second-order valence-corrected chi connectivity index (χ2v) is 5.61. The van der Waals surface area contributed by atoms with Crippen LogP contribution in [0.1, 0.15) is 22.8 Å². The van der Waals surface area contributed by atoms with Gasteiger partial charge in [0.25, 0.3) is 5.91 Å². The number of nitrogens with one attached hydrogen (secondary N) is 1. The third kappa shape index (κ3) is 2.56. The van der Waals surface area contributed by atoms with Gasteiger partial charge in [-0.2, -0.15) is 0 Å². The lowest BCUT2D eigenvalue weighted by atomic mass is 10.1. The highest BCUT2D eigenvalue weighted by atomic mass is 16.4. The van der Waals surface area contributed by atoms with Crippen molar-refractivity contribution in [1.29, 1.82) is 0 Å². The minimum atomic E-state index is -0.908. The molecule has 1 aromatic heterocycles. The van der Waals surface area contributed by atoms with Crippen LogP contribution in [0.5, 0.6) is 0 Å². The first-order chi connectivity index (χ1) is 10.1. The summed E-state index contributed by atoms with van der Waals surface area (Å²) in [5.41, 5.74) is 1.63. The van der Waals surface area contributed by atoms with Gasteiger partial charge in [0, 0.05) is 50.7 Å². The number of fused-ring (bicyclic) bond motifs is 1. The third-order valence-electron chi connectivity index (χ3n) is 4.13. The number of hydrogen-bond donors (Lipinski definition) is 2. The highest BCUT2D eigenvalue weighted by Crippen LogP contribution is 2.22. The van der Waals surface area contributed by atoms with Crippen LogP contribution in [0.3, 0.4) is 0 Å². The molecule has 1 saturated heterocycles. The maximum atomic E-state index is 12.3. The molecule has 7 nitrogen and oxygen atoms in total. The first kappa shape index (κ1) is 13.8. The number of rotatable bonds is 2. The largest absolute Gasteiger partial charge is 0.465 e. The van der Waals surface area contributed by atoms with Crippen LogP contribution in [0.15, 0.2) is 18.5 Å². The number of nitrogens with zero attached hydrogens (tertiary/aromatic N) is 3. The number of carboxylic acid groups (broad SMARTS) is 1. The van der Waals surface area contributed by atoms with E-state index in [0.717, 1.165) is 5.56 Å². The summed E-state index contributed by atoms with van der Waals surface area (Å²) in [6.07, 6.45) is 2.37. The predicted octanol–water partition coefficient (Wildman–Crippen LogP) is 0.378. The molecule has 1 aromatic rings. The van der Waals surface area contributed by atoms with Gasteiger partial charge in [-0.3, -0.25) is 9.78 Å². The number of carbonyl (C=O) groups is 2. The Morgan fingerprint density at radius 3 is 3.10 bits per heavy atom. The van der Waals surface area contributed by atoms with Crippen LogP contribution in [0.2, 0.25) is 0 Å². The molecule has 112 valence electrons. The molecule has 0 aromatic carbocycles. The molecule has 3 heterocycles. The summed E-state index contributed by atoms with van der Waals surface area (Å²) in [6, 6.07) is 1.77. The predicted molar refractivity (Wildman–Crippen MR) is 75.0 cm³/mol. The Hall–Kier alpha value is -2.15. The van der Waals surface area contributed by atoms with Crippen molar-refractivity contribution < 1.29 is 14.7 Å². The number of hydrogen-bond acceptors (Lipinski definition) is 4. The summed E-state index contributed by atoms with van der Waals surface area (Å²) in [5.74, 6) is -0.0274. The number of pyridine rings is 1. The summed E-state index contributed by atoms with van der Waals surface area (Å²) in [4.78, 5) is 30.6. The summed E-state index contributed by atoms with van der Waals surface area (Å²) in [7, 11) is 0. The second-order valence-electron chi connectivity index (χ2n) is 5.61. The average Bonchev–Trinajstić information content (AvgIpc) is 2.78. The van der Waals surface area contributed by atoms with Crippen molar-refractivity contribution in [2.24, 2.45) is 0 Å². The van der Waals surface area contributed by atoms with Gasteiger partial charge >= 0.3 is 6.09 Å². The van der Waals surface area contributed by atoms with Crippen molar-refractivity contribution >= 4 is 12.0 Å². The highest BCUT2D eigenvalue weighted by molar-refractivity contribution is 5.98. The molecular weight excluding hydrogens is 272 g/mol. The lowest BCUT2D eigenvalue weighted by Crippen LogP contribution is -2.59. The van der Waals surface area contributed by atoms with E-state index in [-0.39, 0.29) is 18.0 Å². The molecule has 1 fully saturated rings. The molecule has 2 N–H and O–H groups in total. The average molecular weight is 290 g/mol. The van der Waals surface area contributed by atoms with Gasteiger partial charge in [0.05, 0.1) is 5.56 Å². The van der Waals surface area contributed by atoms with E-state index in [1.807, 2.05) is 13.0 Å². The Bertz CT molecular complexity index is 577. The fraction of sp³-hybridized carbons (Fsp3) is 0.500. The highest BCUT2D eigenvalue weighted by Gasteiger charge is 2.33. The number of piperazine rings is 1. The summed E-state index contributed by atoms with van der Waals surface area (Å²) >= 11 is 0. The van der Waals surface area contributed by atoms with E-state index in [1.165, 1.54) is 4.90 Å². The zero-order valence-corrected chi connectivity index (χ0v) is 11.8. The van der Waals surface area contributed by atoms with Gasteiger partial charge < -0.3 is 20.2 Å². The van der Waals surface area contributed by atoms with E-state index in [4.69, 9.17) is 0 Å². The minimum absolute atomic E-state index is 0.0274. The fourth-order valence-corrected chi connectivity index (χ4v) is 2.93. The van der Waals surface area contributed by atoms with Gasteiger partial charge in [0.2, 0.25) is 0 Å². The lowest BCUT2D eigenvalue weighted by Gasteiger charge is -2.38. The molecule has 0 spiro atoms. The molecule has 2 aliphatic heterocycles. The smallest absolute Gasteiger partial charge is 0.407 e. The molecule has 2 atom stereocenters. The zero-order chi connectivity index (χ0) is 15.0. The van der Waals surface area contributed by atoms with Crippen LogP contribution < -0.4 is 5.32 Å². The molecular formula is C14H18N4O3. The van der Waals surface area contributed by atoms with Crippen molar-refractivity contribution in [1.82, 2.24) is 20.1 Å². The topological polar surface area (TPSA) is 85.8 Å². The van der Waals surface area contributed by atoms with Gasteiger partial charge in [-0.05, 0) is 18.6 Å². The van der Waals surface area contributed by atoms with E-state index in [9.17, 15) is 14.7 Å². The van der Waals surface area contributed by atoms with E-state index in [2.05, 4.69) is 10.3 Å². The van der Waals surface area contributed by atoms with Crippen molar-refractivity contribution in [2.45, 2.75) is 25.6 Å². The Kier molecular flexibility index (Phi) is 3.50. The number of amides is 2. The normalized spacial score (nSPS) is 25.1. The van der Waals surface area contributed by atoms with E-state index in [1.54, 1.807) is 17.3 Å². The molecule has 0 bridgehead atoms. The van der Waals surface area contributed by atoms with Gasteiger partial charge in [-0.1, -0.05) is 0 Å². The van der Waals surface area contributed by atoms with Crippen LogP contribution in [0.25, 0.3) is 0 Å². The van der Waals surface area contributed by atoms with Crippen LogP contribution in [0, 0.1) is 0 Å². The Morgan fingerprint density at radius 1 is 1.57 bits per heavy atom. The monoisotopic (exact) mass is 290 g/mol. The lowest BCUT2D eigenvalue weighted by molar-refractivity contribution is 0.0701. The molecule has 21 heavy (non-hydrogen) atoms. The van der Waals surface area contributed by atoms with Crippen LogP contribution in [-0.2, 0) is 6.54 Å². The molecule has 0 saturated carbocycles. The van der Waals surface area contributed by atoms with Gasteiger partial charge in [0.1, 0.15) is 0 Å².